The summed E-state index contributed by atoms with van der Waals surface area (Å²) in [7, 11) is 1.69. The van der Waals surface area contributed by atoms with Gasteiger partial charge in [-0.2, -0.15) is 0 Å². The molecule has 0 N–H and O–H groups in total. The van der Waals surface area contributed by atoms with Crippen molar-refractivity contribution < 1.29 is 18.9 Å². The Balaban J connectivity index is 2.01. The van der Waals surface area contributed by atoms with Crippen LogP contribution in [-0.4, -0.2) is 42.8 Å². The number of rotatable bonds is 9. The molecule has 3 atom stereocenters. The monoisotopic (exact) mass is 337 g/mol. The van der Waals surface area contributed by atoms with E-state index in [0.717, 1.165) is 18.5 Å². The van der Waals surface area contributed by atoms with Crippen LogP contribution in [0.1, 0.15) is 46.2 Å². The average molecular weight is 337 g/mol. The molecule has 2 rings (SSSR count). The fourth-order valence-corrected chi connectivity index (χ4v) is 3.49. The largest absolute Gasteiger partial charge is 0.372 e. The molecular formula is C19H31NO4. The first-order valence-corrected chi connectivity index (χ1v) is 8.78. The van der Waals surface area contributed by atoms with Crippen molar-refractivity contribution in [2.45, 2.75) is 64.6 Å². The zero-order valence-electron chi connectivity index (χ0n) is 15.6. The van der Waals surface area contributed by atoms with Gasteiger partial charge in [-0.05, 0) is 45.7 Å². The van der Waals surface area contributed by atoms with Gasteiger partial charge in [0.15, 0.2) is 6.29 Å². The number of aromatic nitrogens is 1. The van der Waals surface area contributed by atoms with Crippen LogP contribution in [0, 0.1) is 5.92 Å². The van der Waals surface area contributed by atoms with Gasteiger partial charge in [0.1, 0.15) is 0 Å². The molecular weight excluding hydrogens is 306 g/mol. The van der Waals surface area contributed by atoms with Gasteiger partial charge in [0.05, 0.1) is 30.1 Å². The molecule has 2 heterocycles. The van der Waals surface area contributed by atoms with E-state index in [1.807, 2.05) is 25.1 Å². The van der Waals surface area contributed by atoms with Gasteiger partial charge in [0.25, 0.3) is 0 Å². The second-order valence-corrected chi connectivity index (χ2v) is 6.93. The number of ether oxygens (including phenoxy) is 4. The first-order valence-electron chi connectivity index (χ1n) is 8.78. The number of hydrogen-bond acceptors (Lipinski definition) is 5. The highest BCUT2D eigenvalue weighted by Gasteiger charge is 2.53. The topological polar surface area (TPSA) is 49.8 Å². The van der Waals surface area contributed by atoms with Crippen molar-refractivity contribution in [3.8, 4) is 0 Å². The van der Waals surface area contributed by atoms with E-state index in [1.165, 1.54) is 0 Å². The molecule has 1 aliphatic rings. The maximum atomic E-state index is 6.46. The minimum atomic E-state index is -0.319. The van der Waals surface area contributed by atoms with Crippen LogP contribution in [-0.2, 0) is 25.6 Å². The lowest BCUT2D eigenvalue weighted by atomic mass is 9.85. The smallest absolute Gasteiger partial charge is 0.162 e. The summed E-state index contributed by atoms with van der Waals surface area (Å²) in [6.45, 7) is 10.0. The van der Waals surface area contributed by atoms with Gasteiger partial charge >= 0.3 is 0 Å². The van der Waals surface area contributed by atoms with Gasteiger partial charge in [-0.15, -0.1) is 0 Å². The van der Waals surface area contributed by atoms with Crippen molar-refractivity contribution in [1.29, 1.82) is 0 Å². The van der Waals surface area contributed by atoms with Crippen LogP contribution in [0.15, 0.2) is 24.4 Å². The quantitative estimate of drug-likeness (QED) is 0.645. The molecule has 0 aliphatic carbocycles. The highest BCUT2D eigenvalue weighted by molar-refractivity contribution is 5.03. The molecule has 1 fully saturated rings. The molecule has 1 saturated heterocycles. The number of pyridine rings is 1. The van der Waals surface area contributed by atoms with Crippen LogP contribution in [0.4, 0.5) is 0 Å². The summed E-state index contributed by atoms with van der Waals surface area (Å²) >= 11 is 0. The van der Waals surface area contributed by atoms with E-state index in [0.29, 0.717) is 19.8 Å². The summed E-state index contributed by atoms with van der Waals surface area (Å²) in [5.74, 6) is 0.167. The zero-order chi connectivity index (χ0) is 17.6. The number of nitrogens with zero attached hydrogens (tertiary/aromatic N) is 1. The van der Waals surface area contributed by atoms with Crippen molar-refractivity contribution in [3.63, 3.8) is 0 Å². The standard InChI is InChI=1S/C19H31NO4/c1-6-19(14-22-13-15-10-8-9-11-20-15)12-16(18(3,4)24-19)17(21-5)23-7-2/h8-11,16-17H,6-7,12-14H2,1-5H3. The minimum Gasteiger partial charge on any atom is -0.372 e. The Labute approximate surface area is 145 Å². The molecule has 1 aliphatic heterocycles. The van der Waals surface area contributed by atoms with Crippen LogP contribution in [0.2, 0.25) is 0 Å². The maximum absolute atomic E-state index is 6.46. The Kier molecular flexibility index (Phi) is 6.75. The summed E-state index contributed by atoms with van der Waals surface area (Å²) < 4.78 is 23.7. The van der Waals surface area contributed by atoms with E-state index in [9.17, 15) is 0 Å². The molecule has 1 aromatic rings. The van der Waals surface area contributed by atoms with Gasteiger partial charge < -0.3 is 18.9 Å². The van der Waals surface area contributed by atoms with Gasteiger partial charge in [-0.1, -0.05) is 13.0 Å². The Hall–Kier alpha value is -1.01. The predicted octanol–water partition coefficient (Wildman–Crippen LogP) is 3.57. The van der Waals surface area contributed by atoms with Crippen molar-refractivity contribution in [3.05, 3.63) is 30.1 Å². The van der Waals surface area contributed by atoms with Gasteiger partial charge in [0.2, 0.25) is 0 Å². The maximum Gasteiger partial charge on any atom is 0.162 e. The fraction of sp³-hybridized carbons (Fsp3) is 0.737. The van der Waals surface area contributed by atoms with E-state index >= 15 is 0 Å². The lowest BCUT2D eigenvalue weighted by Crippen LogP contribution is -2.39. The Morgan fingerprint density at radius 3 is 2.71 bits per heavy atom. The zero-order valence-corrected chi connectivity index (χ0v) is 15.6. The lowest BCUT2D eigenvalue weighted by Gasteiger charge is -2.32. The molecule has 0 spiro atoms. The lowest BCUT2D eigenvalue weighted by molar-refractivity contribution is -0.185. The van der Waals surface area contributed by atoms with Crippen molar-refractivity contribution >= 4 is 0 Å². The molecule has 5 nitrogen and oxygen atoms in total. The molecule has 24 heavy (non-hydrogen) atoms. The third-order valence-electron chi connectivity index (χ3n) is 4.84. The normalized spacial score (nSPS) is 27.3. The fourth-order valence-electron chi connectivity index (χ4n) is 3.49. The molecule has 1 aromatic heterocycles. The second-order valence-electron chi connectivity index (χ2n) is 6.93. The molecule has 136 valence electrons. The highest BCUT2D eigenvalue weighted by Crippen LogP contribution is 2.46. The first-order chi connectivity index (χ1) is 11.5. The molecule has 0 bridgehead atoms. The van der Waals surface area contributed by atoms with E-state index in [2.05, 4.69) is 25.8 Å². The molecule has 5 heteroatoms. The third-order valence-corrected chi connectivity index (χ3v) is 4.84. The predicted molar refractivity (Wildman–Crippen MR) is 92.6 cm³/mol. The highest BCUT2D eigenvalue weighted by atomic mass is 16.7. The number of methoxy groups -OCH3 is 1. The Morgan fingerprint density at radius 1 is 1.33 bits per heavy atom. The van der Waals surface area contributed by atoms with E-state index in [1.54, 1.807) is 13.3 Å². The van der Waals surface area contributed by atoms with E-state index in [-0.39, 0.29) is 23.4 Å². The van der Waals surface area contributed by atoms with Gasteiger partial charge in [-0.25, -0.2) is 0 Å². The molecule has 3 unspecified atom stereocenters. The summed E-state index contributed by atoms with van der Waals surface area (Å²) in [4.78, 5) is 4.29. The van der Waals surface area contributed by atoms with Crippen LogP contribution in [0.3, 0.4) is 0 Å². The summed E-state index contributed by atoms with van der Waals surface area (Å²) in [5, 5.41) is 0. The van der Waals surface area contributed by atoms with Crippen LogP contribution in [0.5, 0.6) is 0 Å². The Morgan fingerprint density at radius 2 is 2.12 bits per heavy atom. The van der Waals surface area contributed by atoms with Crippen molar-refractivity contribution in [2.24, 2.45) is 5.92 Å². The molecule has 0 amide bonds. The van der Waals surface area contributed by atoms with Crippen LogP contribution in [0.25, 0.3) is 0 Å². The third kappa shape index (κ3) is 4.54. The van der Waals surface area contributed by atoms with Crippen LogP contribution >= 0.6 is 0 Å². The van der Waals surface area contributed by atoms with Crippen molar-refractivity contribution in [2.75, 3.05) is 20.3 Å². The minimum absolute atomic E-state index is 0.167. The van der Waals surface area contributed by atoms with E-state index < -0.39 is 0 Å². The molecule has 0 saturated carbocycles. The van der Waals surface area contributed by atoms with E-state index in [4.69, 9.17) is 18.9 Å². The number of hydrogen-bond donors (Lipinski definition) is 0. The SMILES string of the molecule is CCOC(OC)C1CC(CC)(COCc2ccccn2)OC1(C)C. The molecule has 0 aromatic carbocycles. The average Bonchev–Trinajstić information content (AvgIpc) is 2.85. The van der Waals surface area contributed by atoms with Gasteiger partial charge in [0, 0.05) is 25.8 Å². The second kappa shape index (κ2) is 8.39. The van der Waals surface area contributed by atoms with Gasteiger partial charge in [-0.3, -0.25) is 4.98 Å². The summed E-state index contributed by atoms with van der Waals surface area (Å²) in [6.07, 6.45) is 3.27. The molecule has 0 radical (unpaired) electrons. The summed E-state index contributed by atoms with van der Waals surface area (Å²) in [6, 6.07) is 5.84. The van der Waals surface area contributed by atoms with Crippen molar-refractivity contribution in [1.82, 2.24) is 4.98 Å². The first kappa shape index (κ1) is 19.3. The Bertz CT molecular complexity index is 493. The van der Waals surface area contributed by atoms with Crippen LogP contribution < -0.4 is 0 Å². The summed E-state index contributed by atoms with van der Waals surface area (Å²) in [5.41, 5.74) is 0.304.